The van der Waals surface area contributed by atoms with Crippen LogP contribution in [0.5, 0.6) is 5.75 Å². The van der Waals surface area contributed by atoms with Gasteiger partial charge >= 0.3 is 0 Å². The van der Waals surface area contributed by atoms with Gasteiger partial charge in [0, 0.05) is 17.0 Å². The Labute approximate surface area is 179 Å². The van der Waals surface area contributed by atoms with Crippen LogP contribution in [0.3, 0.4) is 0 Å². The molecule has 0 aliphatic carbocycles. The smallest absolute Gasteiger partial charge is 0.295 e. The molecule has 2 aromatic rings. The average Bonchev–Trinajstić information content (AvgIpc) is 3.32. The second-order valence-electron chi connectivity index (χ2n) is 6.79. The van der Waals surface area contributed by atoms with Crippen LogP contribution in [0, 0.1) is 0 Å². The van der Waals surface area contributed by atoms with Crippen LogP contribution in [0.4, 0.5) is 0 Å². The fourth-order valence-electron chi connectivity index (χ4n) is 3.46. The summed E-state index contributed by atoms with van der Waals surface area (Å²) in [6.45, 7) is 4.81. The third-order valence-corrected chi connectivity index (χ3v) is 6.10. The second-order valence-corrected chi connectivity index (χ2v) is 8.18. The summed E-state index contributed by atoms with van der Waals surface area (Å²) in [5.74, 6) is -1.02. The quantitative estimate of drug-likeness (QED) is 0.261. The number of unbranched alkanes of at least 4 members (excludes halogenated alkanes) is 2. The maximum atomic E-state index is 12.9. The number of thiophene rings is 1. The number of aliphatic hydroxyl groups excluding tert-OH is 1. The van der Waals surface area contributed by atoms with Crippen LogP contribution in [-0.2, 0) is 9.59 Å². The van der Waals surface area contributed by atoms with E-state index in [1.807, 2.05) is 24.4 Å². The number of benzene rings is 1. The Balaban J connectivity index is 2.08. The van der Waals surface area contributed by atoms with Crippen molar-refractivity contribution in [2.45, 2.75) is 39.2 Å². The maximum Gasteiger partial charge on any atom is 0.295 e. The molecule has 3 rings (SSSR count). The number of amides is 1. The van der Waals surface area contributed by atoms with Crippen molar-refractivity contribution in [2.75, 3.05) is 13.2 Å². The molecule has 0 spiro atoms. The first kappa shape index (κ1) is 21.4. The Morgan fingerprint density at radius 1 is 1.24 bits per heavy atom. The van der Waals surface area contributed by atoms with E-state index in [0.717, 1.165) is 24.1 Å². The van der Waals surface area contributed by atoms with Crippen LogP contribution in [0.2, 0.25) is 5.02 Å². The van der Waals surface area contributed by atoms with Crippen LogP contribution in [0.15, 0.2) is 41.3 Å². The number of hydrogen-bond donors (Lipinski definition) is 1. The van der Waals surface area contributed by atoms with Gasteiger partial charge in [0.25, 0.3) is 11.7 Å². The Morgan fingerprint density at radius 2 is 2.03 bits per heavy atom. The monoisotopic (exact) mass is 433 g/mol. The fraction of sp³-hybridized carbons (Fsp3) is 0.364. The minimum Gasteiger partial charge on any atom is -0.507 e. The van der Waals surface area contributed by atoms with Crippen molar-refractivity contribution in [2.24, 2.45) is 0 Å². The van der Waals surface area contributed by atoms with E-state index in [4.69, 9.17) is 16.3 Å². The molecule has 1 aliphatic rings. The molecule has 1 aliphatic heterocycles. The summed E-state index contributed by atoms with van der Waals surface area (Å²) in [7, 11) is 0. The van der Waals surface area contributed by atoms with Gasteiger partial charge in [-0.05, 0) is 43.0 Å². The SMILES string of the molecule is CCCCCN1C(=O)C(=O)/C(=C(\O)c2ccc(Cl)c(OCC)c2)C1c1cccs1. The standard InChI is InChI=1S/C22H24ClNO4S/c1-3-5-6-11-24-19(17-8-7-12-29-17)18(21(26)22(24)27)20(25)14-9-10-15(23)16(13-14)28-4-2/h7-10,12-13,19,25H,3-6,11H2,1-2H3/b20-18-. The molecular weight excluding hydrogens is 410 g/mol. The Hall–Kier alpha value is -2.31. The minimum atomic E-state index is -0.662. The van der Waals surface area contributed by atoms with Gasteiger partial charge in [0.15, 0.2) is 0 Å². The number of rotatable bonds is 8. The van der Waals surface area contributed by atoms with E-state index in [1.165, 1.54) is 11.3 Å². The number of carbonyl (C=O) groups is 2. The molecule has 154 valence electrons. The summed E-state index contributed by atoms with van der Waals surface area (Å²) in [4.78, 5) is 28.1. The molecule has 0 saturated carbocycles. The summed E-state index contributed by atoms with van der Waals surface area (Å²) in [5.41, 5.74) is 0.504. The van der Waals surface area contributed by atoms with Gasteiger partial charge in [0.05, 0.1) is 23.2 Å². The highest BCUT2D eigenvalue weighted by Gasteiger charge is 2.46. The highest BCUT2D eigenvalue weighted by molar-refractivity contribution is 7.10. The van der Waals surface area contributed by atoms with Gasteiger partial charge in [-0.25, -0.2) is 0 Å². The summed E-state index contributed by atoms with van der Waals surface area (Å²) < 4.78 is 5.50. The van der Waals surface area contributed by atoms with E-state index < -0.39 is 17.7 Å². The van der Waals surface area contributed by atoms with Crippen molar-refractivity contribution in [1.82, 2.24) is 4.90 Å². The summed E-state index contributed by atoms with van der Waals surface area (Å²) in [5, 5.41) is 13.4. The number of ketones is 1. The van der Waals surface area contributed by atoms with Gasteiger partial charge in [-0.2, -0.15) is 0 Å². The van der Waals surface area contributed by atoms with Gasteiger partial charge in [-0.15, -0.1) is 11.3 Å². The number of aliphatic hydroxyl groups is 1. The van der Waals surface area contributed by atoms with E-state index in [1.54, 1.807) is 23.1 Å². The lowest BCUT2D eigenvalue weighted by Crippen LogP contribution is -2.30. The maximum absolute atomic E-state index is 12.9. The molecule has 1 aromatic carbocycles. The van der Waals surface area contributed by atoms with Gasteiger partial charge in [-0.3, -0.25) is 9.59 Å². The summed E-state index contributed by atoms with van der Waals surface area (Å²) in [6.07, 6.45) is 2.79. The van der Waals surface area contributed by atoms with Crippen LogP contribution >= 0.6 is 22.9 Å². The molecule has 1 fully saturated rings. The van der Waals surface area contributed by atoms with Crippen LogP contribution < -0.4 is 4.74 Å². The third-order valence-electron chi connectivity index (χ3n) is 4.86. The van der Waals surface area contributed by atoms with E-state index in [2.05, 4.69) is 6.92 Å². The van der Waals surface area contributed by atoms with E-state index in [-0.39, 0.29) is 11.3 Å². The van der Waals surface area contributed by atoms with Crippen LogP contribution in [0.25, 0.3) is 5.76 Å². The van der Waals surface area contributed by atoms with Crippen LogP contribution in [0.1, 0.15) is 49.6 Å². The molecule has 1 N–H and O–H groups in total. The van der Waals surface area contributed by atoms with E-state index >= 15 is 0 Å². The van der Waals surface area contributed by atoms with Crippen molar-refractivity contribution >= 4 is 40.4 Å². The molecule has 2 heterocycles. The Bertz CT molecular complexity index is 923. The molecule has 1 aromatic heterocycles. The second kappa shape index (κ2) is 9.46. The van der Waals surface area contributed by atoms with Gasteiger partial charge < -0.3 is 14.7 Å². The Kier molecular flexibility index (Phi) is 6.98. The number of halogens is 1. The lowest BCUT2D eigenvalue weighted by atomic mass is 9.99. The highest BCUT2D eigenvalue weighted by atomic mass is 35.5. The topological polar surface area (TPSA) is 66.8 Å². The first-order valence-corrected chi connectivity index (χ1v) is 11.0. The number of nitrogens with zero attached hydrogens (tertiary/aromatic N) is 1. The summed E-state index contributed by atoms with van der Waals surface area (Å²) in [6, 6.07) is 8.00. The molecule has 0 radical (unpaired) electrons. The van der Waals surface area contributed by atoms with Crippen LogP contribution in [-0.4, -0.2) is 34.8 Å². The summed E-state index contributed by atoms with van der Waals surface area (Å²) >= 11 is 7.60. The lowest BCUT2D eigenvalue weighted by Gasteiger charge is -2.24. The van der Waals surface area contributed by atoms with Gasteiger partial charge in [0.1, 0.15) is 11.5 Å². The zero-order chi connectivity index (χ0) is 21.0. The molecule has 5 nitrogen and oxygen atoms in total. The molecule has 1 unspecified atom stereocenters. The van der Waals surface area contributed by atoms with Crippen molar-refractivity contribution in [1.29, 1.82) is 0 Å². The first-order chi connectivity index (χ1) is 14.0. The van der Waals surface area contributed by atoms with Crippen molar-refractivity contribution < 1.29 is 19.4 Å². The van der Waals surface area contributed by atoms with E-state index in [0.29, 0.717) is 29.5 Å². The molecule has 1 saturated heterocycles. The number of carbonyl (C=O) groups excluding carboxylic acids is 2. The number of ether oxygens (including phenoxy) is 1. The van der Waals surface area contributed by atoms with Crippen molar-refractivity contribution in [3.8, 4) is 5.75 Å². The molecule has 1 amide bonds. The average molecular weight is 434 g/mol. The molecule has 0 bridgehead atoms. The minimum absolute atomic E-state index is 0.110. The predicted octanol–water partition coefficient (Wildman–Crippen LogP) is 5.41. The molecule has 7 heteroatoms. The normalized spacial score (nSPS) is 18.4. The lowest BCUT2D eigenvalue weighted by molar-refractivity contribution is -0.139. The first-order valence-electron chi connectivity index (χ1n) is 9.74. The zero-order valence-corrected chi connectivity index (χ0v) is 18.1. The number of Topliss-reactive ketones (excluding diaryl/α,β-unsaturated/α-hetero) is 1. The number of likely N-dealkylation sites (tertiary alicyclic amines) is 1. The Morgan fingerprint density at radius 3 is 2.69 bits per heavy atom. The van der Waals surface area contributed by atoms with Gasteiger partial charge in [-0.1, -0.05) is 37.4 Å². The molecular formula is C22H24ClNO4S. The highest BCUT2D eigenvalue weighted by Crippen LogP contribution is 2.41. The van der Waals surface area contributed by atoms with Crippen molar-refractivity contribution in [3.63, 3.8) is 0 Å². The van der Waals surface area contributed by atoms with E-state index in [9.17, 15) is 14.7 Å². The number of hydrogen-bond acceptors (Lipinski definition) is 5. The van der Waals surface area contributed by atoms with Crippen molar-refractivity contribution in [3.05, 3.63) is 56.7 Å². The zero-order valence-electron chi connectivity index (χ0n) is 16.5. The van der Waals surface area contributed by atoms with Gasteiger partial charge in [0.2, 0.25) is 0 Å². The molecule has 1 atom stereocenters. The predicted molar refractivity (Wildman–Crippen MR) is 115 cm³/mol. The third kappa shape index (κ3) is 4.33. The fourth-order valence-corrected chi connectivity index (χ4v) is 4.48. The largest absolute Gasteiger partial charge is 0.507 e. The molecule has 29 heavy (non-hydrogen) atoms.